The van der Waals surface area contributed by atoms with Gasteiger partial charge in [0.15, 0.2) is 0 Å². The second kappa shape index (κ2) is 7.22. The Kier molecular flexibility index (Phi) is 5.58. The van der Waals surface area contributed by atoms with Crippen molar-refractivity contribution in [3.8, 4) is 5.75 Å². The van der Waals surface area contributed by atoms with Gasteiger partial charge in [0, 0.05) is 6.54 Å². The lowest BCUT2D eigenvalue weighted by atomic mass is 10.2. The number of sulfonamides is 1. The summed E-state index contributed by atoms with van der Waals surface area (Å²) >= 11 is 0. The van der Waals surface area contributed by atoms with Crippen molar-refractivity contribution in [1.29, 1.82) is 0 Å². The van der Waals surface area contributed by atoms with Crippen LogP contribution in [0.2, 0.25) is 0 Å². The maximum absolute atomic E-state index is 12.1. The summed E-state index contributed by atoms with van der Waals surface area (Å²) in [4.78, 5) is 9.69. The van der Waals surface area contributed by atoms with Gasteiger partial charge in [0.1, 0.15) is 5.75 Å². The molecule has 0 atom stereocenters. The quantitative estimate of drug-likeness (QED) is 0.607. The van der Waals surface area contributed by atoms with Crippen molar-refractivity contribution in [3.05, 3.63) is 23.8 Å². The van der Waals surface area contributed by atoms with E-state index in [9.17, 15) is 8.42 Å². The van der Waals surface area contributed by atoms with Crippen LogP contribution in [0, 0.1) is 6.92 Å². The summed E-state index contributed by atoms with van der Waals surface area (Å²) in [5.41, 5.74) is 0.762. The summed E-state index contributed by atoms with van der Waals surface area (Å²) < 4.78 is 29.3. The Hall–Kier alpha value is -1.15. The van der Waals surface area contributed by atoms with Crippen LogP contribution in [0.25, 0.3) is 0 Å². The van der Waals surface area contributed by atoms with E-state index in [0.717, 1.165) is 25.2 Å². The second-order valence-corrected chi connectivity index (χ2v) is 6.76. The first-order valence-electron chi connectivity index (χ1n) is 7.03. The standard InChI is InChI=1S/C14H22N2O4S/c1-12-11-13(5-6-14(12)19-2)21(17,18)15-20-10-9-16-7-3-4-8-16/h5-6,11,15H,3-4,7-10H2,1-2H3. The van der Waals surface area contributed by atoms with Gasteiger partial charge in [-0.3, -0.25) is 4.84 Å². The zero-order chi connectivity index (χ0) is 15.3. The van der Waals surface area contributed by atoms with Gasteiger partial charge >= 0.3 is 0 Å². The molecule has 0 bridgehead atoms. The van der Waals surface area contributed by atoms with Crippen molar-refractivity contribution in [3.63, 3.8) is 0 Å². The summed E-state index contributed by atoms with van der Waals surface area (Å²) in [5.74, 6) is 0.656. The van der Waals surface area contributed by atoms with Crippen LogP contribution in [0.15, 0.2) is 23.1 Å². The van der Waals surface area contributed by atoms with E-state index in [1.54, 1.807) is 26.2 Å². The van der Waals surface area contributed by atoms with Crippen molar-refractivity contribution >= 4 is 10.0 Å². The minimum atomic E-state index is -3.65. The molecule has 6 nitrogen and oxygen atoms in total. The van der Waals surface area contributed by atoms with Crippen LogP contribution in [0.3, 0.4) is 0 Å². The molecule has 7 heteroatoms. The van der Waals surface area contributed by atoms with Gasteiger partial charge in [-0.2, -0.15) is 0 Å². The molecule has 0 amide bonds. The Morgan fingerprint density at radius 2 is 2.00 bits per heavy atom. The lowest BCUT2D eigenvalue weighted by molar-refractivity contribution is 0.0756. The highest BCUT2D eigenvalue weighted by Crippen LogP contribution is 2.21. The molecule has 0 saturated carbocycles. The summed E-state index contributed by atoms with van der Waals surface area (Å²) in [6.07, 6.45) is 2.41. The Morgan fingerprint density at radius 1 is 1.29 bits per heavy atom. The van der Waals surface area contributed by atoms with E-state index in [-0.39, 0.29) is 4.90 Å². The van der Waals surface area contributed by atoms with E-state index in [4.69, 9.17) is 9.57 Å². The molecule has 0 spiro atoms. The number of hydrogen-bond donors (Lipinski definition) is 1. The molecule has 2 rings (SSSR count). The third kappa shape index (κ3) is 4.41. The fourth-order valence-electron chi connectivity index (χ4n) is 2.37. The van der Waals surface area contributed by atoms with Gasteiger partial charge in [0.2, 0.25) is 0 Å². The molecule has 118 valence electrons. The normalized spacial score (nSPS) is 16.3. The fourth-order valence-corrected chi connectivity index (χ4v) is 3.28. The van der Waals surface area contributed by atoms with Crippen LogP contribution in [-0.2, 0) is 14.9 Å². The van der Waals surface area contributed by atoms with Crippen LogP contribution in [0.5, 0.6) is 5.75 Å². The minimum absolute atomic E-state index is 0.168. The molecular weight excluding hydrogens is 292 g/mol. The molecule has 1 saturated heterocycles. The second-order valence-electron chi connectivity index (χ2n) is 5.12. The van der Waals surface area contributed by atoms with E-state index in [1.165, 1.54) is 18.9 Å². The first kappa shape index (κ1) is 16.2. The number of likely N-dealkylation sites (tertiary alicyclic amines) is 1. The van der Waals surface area contributed by atoms with Gasteiger partial charge in [-0.15, -0.1) is 0 Å². The number of nitrogens with zero attached hydrogens (tertiary/aromatic N) is 1. The van der Waals surface area contributed by atoms with Crippen molar-refractivity contribution in [1.82, 2.24) is 9.79 Å². The van der Waals surface area contributed by atoms with Crippen molar-refractivity contribution in [2.24, 2.45) is 0 Å². The largest absolute Gasteiger partial charge is 0.496 e. The van der Waals surface area contributed by atoms with E-state index < -0.39 is 10.0 Å². The van der Waals surface area contributed by atoms with Crippen molar-refractivity contribution in [2.45, 2.75) is 24.7 Å². The molecule has 1 fully saturated rings. The highest BCUT2D eigenvalue weighted by atomic mass is 32.2. The lowest BCUT2D eigenvalue weighted by Gasteiger charge is -2.14. The Labute approximate surface area is 126 Å². The van der Waals surface area contributed by atoms with Gasteiger partial charge in [-0.25, -0.2) is 8.42 Å². The Morgan fingerprint density at radius 3 is 2.62 bits per heavy atom. The summed E-state index contributed by atoms with van der Waals surface area (Å²) in [6, 6.07) is 4.69. The van der Waals surface area contributed by atoms with Crippen LogP contribution in [0.1, 0.15) is 18.4 Å². The predicted octanol–water partition coefficient (Wildman–Crippen LogP) is 1.31. The average Bonchev–Trinajstić information content (AvgIpc) is 2.97. The maximum Gasteiger partial charge on any atom is 0.262 e. The zero-order valence-corrected chi connectivity index (χ0v) is 13.3. The maximum atomic E-state index is 12.1. The number of hydrogen-bond acceptors (Lipinski definition) is 5. The van der Waals surface area contributed by atoms with Crippen LogP contribution >= 0.6 is 0 Å². The van der Waals surface area contributed by atoms with Crippen LogP contribution in [-0.4, -0.2) is 46.7 Å². The molecule has 21 heavy (non-hydrogen) atoms. The third-order valence-electron chi connectivity index (χ3n) is 3.55. The number of ether oxygens (including phenoxy) is 1. The SMILES string of the molecule is COc1ccc(S(=O)(=O)NOCCN2CCCC2)cc1C. The molecule has 1 aliphatic heterocycles. The predicted molar refractivity (Wildman–Crippen MR) is 79.7 cm³/mol. The number of benzene rings is 1. The smallest absolute Gasteiger partial charge is 0.262 e. The molecule has 1 aromatic carbocycles. The van der Waals surface area contributed by atoms with Gasteiger partial charge in [-0.1, -0.05) is 4.89 Å². The van der Waals surface area contributed by atoms with E-state index in [2.05, 4.69) is 9.79 Å². The Balaban J connectivity index is 1.87. The highest BCUT2D eigenvalue weighted by molar-refractivity contribution is 7.89. The van der Waals surface area contributed by atoms with Crippen molar-refractivity contribution in [2.75, 3.05) is 33.4 Å². The fraction of sp³-hybridized carbons (Fsp3) is 0.571. The summed E-state index contributed by atoms with van der Waals surface area (Å²) in [7, 11) is -2.10. The molecule has 0 radical (unpaired) electrons. The molecule has 0 unspecified atom stereocenters. The highest BCUT2D eigenvalue weighted by Gasteiger charge is 2.16. The molecule has 0 aromatic heterocycles. The zero-order valence-electron chi connectivity index (χ0n) is 12.5. The summed E-state index contributed by atoms with van der Waals surface area (Å²) in [6.45, 7) is 5.01. The van der Waals surface area contributed by atoms with E-state index >= 15 is 0 Å². The average molecular weight is 314 g/mol. The van der Waals surface area contributed by atoms with Gasteiger partial charge in [0.25, 0.3) is 10.0 Å². The Bertz CT molecular complexity index is 568. The number of aryl methyl sites for hydroxylation is 1. The lowest BCUT2D eigenvalue weighted by Crippen LogP contribution is -2.30. The molecule has 0 aliphatic carbocycles. The van der Waals surface area contributed by atoms with Gasteiger partial charge in [-0.05, 0) is 56.6 Å². The van der Waals surface area contributed by atoms with E-state index in [1.807, 2.05) is 0 Å². The molecule has 1 N–H and O–H groups in total. The summed E-state index contributed by atoms with van der Waals surface area (Å²) in [5, 5.41) is 0. The topological polar surface area (TPSA) is 67.9 Å². The van der Waals surface area contributed by atoms with E-state index in [0.29, 0.717) is 12.4 Å². The molecule has 1 aliphatic rings. The molecule has 1 heterocycles. The minimum Gasteiger partial charge on any atom is -0.496 e. The van der Waals surface area contributed by atoms with Crippen LogP contribution in [0.4, 0.5) is 0 Å². The first-order chi connectivity index (χ1) is 10.0. The number of rotatable bonds is 7. The third-order valence-corrected chi connectivity index (χ3v) is 4.77. The monoisotopic (exact) mass is 314 g/mol. The first-order valence-corrected chi connectivity index (χ1v) is 8.52. The number of methoxy groups -OCH3 is 1. The number of nitrogens with one attached hydrogen (secondary N) is 1. The van der Waals surface area contributed by atoms with Crippen LogP contribution < -0.4 is 9.62 Å². The molecular formula is C14H22N2O4S. The van der Waals surface area contributed by atoms with Crippen molar-refractivity contribution < 1.29 is 18.0 Å². The van der Waals surface area contributed by atoms with Gasteiger partial charge in [0.05, 0.1) is 18.6 Å². The van der Waals surface area contributed by atoms with Gasteiger partial charge < -0.3 is 9.64 Å². The molecule has 1 aromatic rings.